The van der Waals surface area contributed by atoms with Crippen LogP contribution in [0.5, 0.6) is 0 Å². The second-order valence-corrected chi connectivity index (χ2v) is 3.95. The molecule has 0 saturated heterocycles. The maximum atomic E-state index is 12.0. The number of nitrogens with zero attached hydrogens (tertiary/aromatic N) is 2. The average molecular weight is 254 g/mol. The molecular formula is C10H18ClF2N3. The monoisotopic (exact) mass is 253 g/mol. The third-order valence-electron chi connectivity index (χ3n) is 2.01. The predicted octanol–water partition coefficient (Wildman–Crippen LogP) is 3.03. The number of rotatable bonds is 6. The smallest absolute Gasteiger partial charge is 0.257 e. The minimum Gasteiger partial charge on any atom is -0.383 e. The van der Waals surface area contributed by atoms with Crippen molar-refractivity contribution in [3.05, 3.63) is 12.4 Å². The van der Waals surface area contributed by atoms with E-state index in [1.54, 1.807) is 12.4 Å². The van der Waals surface area contributed by atoms with Gasteiger partial charge in [-0.15, -0.1) is 12.4 Å². The van der Waals surface area contributed by atoms with Crippen LogP contribution in [0.1, 0.15) is 20.3 Å². The Labute approximate surface area is 101 Å². The van der Waals surface area contributed by atoms with Crippen molar-refractivity contribution in [1.29, 1.82) is 0 Å². The number of hydrogen-bond donors (Lipinski definition) is 1. The van der Waals surface area contributed by atoms with Gasteiger partial charge in [0.15, 0.2) is 0 Å². The van der Waals surface area contributed by atoms with Crippen LogP contribution in [0.2, 0.25) is 0 Å². The largest absolute Gasteiger partial charge is 0.383 e. The van der Waals surface area contributed by atoms with Gasteiger partial charge in [-0.25, -0.2) is 8.78 Å². The number of anilines is 1. The lowest BCUT2D eigenvalue weighted by atomic mass is 10.1. The summed E-state index contributed by atoms with van der Waals surface area (Å²) in [7, 11) is 0. The quantitative estimate of drug-likeness (QED) is 0.845. The summed E-state index contributed by atoms with van der Waals surface area (Å²) in [6.07, 6.45) is 1.88. The van der Waals surface area contributed by atoms with Gasteiger partial charge in [0.2, 0.25) is 0 Å². The number of aromatic nitrogens is 2. The van der Waals surface area contributed by atoms with Crippen molar-refractivity contribution in [2.75, 3.05) is 11.9 Å². The van der Waals surface area contributed by atoms with Crippen molar-refractivity contribution in [2.24, 2.45) is 5.92 Å². The SMILES string of the molecule is CC(C)CCNc1cnn(CC(F)F)c1.Cl. The number of hydrogen-bond acceptors (Lipinski definition) is 2. The molecule has 3 nitrogen and oxygen atoms in total. The van der Waals surface area contributed by atoms with E-state index in [-0.39, 0.29) is 19.0 Å². The molecule has 0 amide bonds. The molecule has 0 aliphatic carbocycles. The van der Waals surface area contributed by atoms with Crippen LogP contribution in [0.4, 0.5) is 14.5 Å². The Morgan fingerprint density at radius 3 is 2.69 bits per heavy atom. The lowest BCUT2D eigenvalue weighted by Gasteiger charge is -2.05. The molecule has 0 radical (unpaired) electrons. The Hall–Kier alpha value is -0.840. The molecule has 1 rings (SSSR count). The van der Waals surface area contributed by atoms with Gasteiger partial charge in [0, 0.05) is 12.7 Å². The molecule has 0 aromatic carbocycles. The van der Waals surface area contributed by atoms with Gasteiger partial charge in [-0.05, 0) is 12.3 Å². The summed E-state index contributed by atoms with van der Waals surface area (Å²) in [5.74, 6) is 0.633. The van der Waals surface area contributed by atoms with Gasteiger partial charge in [0.05, 0.1) is 11.9 Å². The summed E-state index contributed by atoms with van der Waals surface area (Å²) < 4.78 is 25.3. The van der Waals surface area contributed by atoms with Gasteiger partial charge in [0.25, 0.3) is 6.43 Å². The van der Waals surface area contributed by atoms with Crippen molar-refractivity contribution in [3.8, 4) is 0 Å². The highest BCUT2D eigenvalue weighted by Crippen LogP contribution is 2.08. The van der Waals surface area contributed by atoms with Crippen LogP contribution < -0.4 is 5.32 Å². The average Bonchev–Trinajstić information content (AvgIpc) is 2.50. The minimum absolute atomic E-state index is 0. The molecule has 1 heterocycles. The van der Waals surface area contributed by atoms with Crippen LogP contribution in [0.25, 0.3) is 0 Å². The third kappa shape index (κ3) is 5.90. The van der Waals surface area contributed by atoms with Crippen molar-refractivity contribution < 1.29 is 8.78 Å². The fraction of sp³-hybridized carbons (Fsp3) is 0.700. The molecule has 1 aromatic rings. The normalized spacial score (nSPS) is 10.6. The van der Waals surface area contributed by atoms with E-state index in [0.29, 0.717) is 5.92 Å². The summed E-state index contributed by atoms with van der Waals surface area (Å²) in [5.41, 5.74) is 0.802. The van der Waals surface area contributed by atoms with E-state index in [1.165, 1.54) is 4.68 Å². The number of nitrogens with one attached hydrogen (secondary N) is 1. The standard InChI is InChI=1S/C10H17F2N3.ClH/c1-8(2)3-4-13-9-5-14-15(6-9)7-10(11)12;/h5-6,8,10,13H,3-4,7H2,1-2H3;1H. The first-order valence-electron chi connectivity index (χ1n) is 5.12. The van der Waals surface area contributed by atoms with Crippen LogP contribution >= 0.6 is 12.4 Å². The van der Waals surface area contributed by atoms with Crippen molar-refractivity contribution in [1.82, 2.24) is 9.78 Å². The second kappa shape index (κ2) is 7.44. The zero-order chi connectivity index (χ0) is 11.3. The zero-order valence-corrected chi connectivity index (χ0v) is 10.3. The van der Waals surface area contributed by atoms with Gasteiger partial charge in [-0.2, -0.15) is 5.10 Å². The molecule has 0 atom stereocenters. The van der Waals surface area contributed by atoms with Gasteiger partial charge in [-0.3, -0.25) is 4.68 Å². The summed E-state index contributed by atoms with van der Waals surface area (Å²) in [5, 5.41) is 6.97. The summed E-state index contributed by atoms with van der Waals surface area (Å²) in [6.45, 7) is 4.79. The summed E-state index contributed by atoms with van der Waals surface area (Å²) >= 11 is 0. The van der Waals surface area contributed by atoms with Crippen LogP contribution in [0, 0.1) is 5.92 Å². The molecule has 1 N–H and O–H groups in total. The topological polar surface area (TPSA) is 29.9 Å². The minimum atomic E-state index is -2.35. The van der Waals surface area contributed by atoms with Gasteiger partial charge in [0.1, 0.15) is 6.54 Å². The molecule has 94 valence electrons. The van der Waals surface area contributed by atoms with Gasteiger partial charge >= 0.3 is 0 Å². The fourth-order valence-corrected chi connectivity index (χ4v) is 1.20. The van der Waals surface area contributed by atoms with Crippen LogP contribution in [-0.4, -0.2) is 22.8 Å². The summed E-state index contributed by atoms with van der Waals surface area (Å²) in [6, 6.07) is 0. The molecule has 0 bridgehead atoms. The Morgan fingerprint density at radius 1 is 1.44 bits per heavy atom. The van der Waals surface area contributed by atoms with Crippen molar-refractivity contribution >= 4 is 18.1 Å². The molecule has 0 unspecified atom stereocenters. The van der Waals surface area contributed by atoms with Crippen LogP contribution in [0.3, 0.4) is 0 Å². The molecule has 1 aromatic heterocycles. The van der Waals surface area contributed by atoms with Gasteiger partial charge < -0.3 is 5.32 Å². The van der Waals surface area contributed by atoms with E-state index >= 15 is 0 Å². The highest BCUT2D eigenvalue weighted by atomic mass is 35.5. The second-order valence-electron chi connectivity index (χ2n) is 3.95. The first-order chi connectivity index (χ1) is 7.08. The van der Waals surface area contributed by atoms with Crippen molar-refractivity contribution in [3.63, 3.8) is 0 Å². The highest BCUT2D eigenvalue weighted by Gasteiger charge is 2.05. The molecular weight excluding hydrogens is 236 g/mol. The third-order valence-corrected chi connectivity index (χ3v) is 2.01. The Bertz CT molecular complexity index is 289. The van der Waals surface area contributed by atoms with E-state index in [9.17, 15) is 8.78 Å². The van der Waals surface area contributed by atoms with E-state index in [1.807, 2.05) is 0 Å². The van der Waals surface area contributed by atoms with Crippen LogP contribution in [-0.2, 0) is 6.54 Å². The maximum Gasteiger partial charge on any atom is 0.257 e. The Kier molecular flexibility index (Phi) is 7.05. The Balaban J connectivity index is 0.00000225. The van der Waals surface area contributed by atoms with Gasteiger partial charge in [-0.1, -0.05) is 13.8 Å². The first-order valence-corrected chi connectivity index (χ1v) is 5.12. The molecule has 0 fully saturated rings. The van der Waals surface area contributed by atoms with E-state index < -0.39 is 6.43 Å². The Morgan fingerprint density at radius 2 is 2.12 bits per heavy atom. The molecule has 16 heavy (non-hydrogen) atoms. The van der Waals surface area contributed by atoms with Crippen molar-refractivity contribution in [2.45, 2.75) is 33.2 Å². The summed E-state index contributed by atoms with van der Waals surface area (Å²) in [4.78, 5) is 0. The molecule has 0 aliphatic heterocycles. The van der Waals surface area contributed by atoms with E-state index in [4.69, 9.17) is 0 Å². The maximum absolute atomic E-state index is 12.0. The molecule has 0 spiro atoms. The number of alkyl halides is 2. The number of halogens is 3. The molecule has 0 aliphatic rings. The fourth-order valence-electron chi connectivity index (χ4n) is 1.20. The molecule has 6 heteroatoms. The molecule has 0 saturated carbocycles. The zero-order valence-electron chi connectivity index (χ0n) is 9.49. The first kappa shape index (κ1) is 15.2. The predicted molar refractivity (Wildman–Crippen MR) is 63.4 cm³/mol. The highest BCUT2D eigenvalue weighted by molar-refractivity contribution is 5.85. The lowest BCUT2D eigenvalue weighted by molar-refractivity contribution is 0.122. The van der Waals surface area contributed by atoms with E-state index in [0.717, 1.165) is 18.7 Å². The van der Waals surface area contributed by atoms with E-state index in [2.05, 4.69) is 24.3 Å². The lowest BCUT2D eigenvalue weighted by Crippen LogP contribution is -2.07. The van der Waals surface area contributed by atoms with Crippen LogP contribution in [0.15, 0.2) is 12.4 Å².